The molecule has 1 N–H and O–H groups in total. The second-order valence-corrected chi connectivity index (χ2v) is 7.10. The van der Waals surface area contributed by atoms with E-state index >= 15 is 0 Å². The summed E-state index contributed by atoms with van der Waals surface area (Å²) < 4.78 is 11.6. The van der Waals surface area contributed by atoms with E-state index in [0.717, 1.165) is 11.3 Å². The number of rotatable bonds is 6. The maximum Gasteiger partial charge on any atom is 0.251 e. The molecule has 0 saturated carbocycles. The number of carbonyl (C=O) groups is 1. The van der Waals surface area contributed by atoms with Crippen LogP contribution < -0.4 is 10.2 Å². The van der Waals surface area contributed by atoms with Crippen molar-refractivity contribution in [3.05, 3.63) is 65.7 Å². The molecule has 5 heteroatoms. The van der Waals surface area contributed by atoms with Gasteiger partial charge < -0.3 is 10.2 Å². The fourth-order valence-electron chi connectivity index (χ4n) is 2.29. The second kappa shape index (κ2) is 7.92. The zero-order valence-corrected chi connectivity index (χ0v) is 14.5. The molecule has 0 aliphatic rings. The molecule has 23 heavy (non-hydrogen) atoms. The van der Waals surface area contributed by atoms with Crippen molar-refractivity contribution < 1.29 is 9.00 Å². The summed E-state index contributed by atoms with van der Waals surface area (Å²) in [5, 5.41) is 2.98. The van der Waals surface area contributed by atoms with Gasteiger partial charge in [0.2, 0.25) is 0 Å². The van der Waals surface area contributed by atoms with Crippen molar-refractivity contribution in [1.29, 1.82) is 0 Å². The third kappa shape index (κ3) is 4.93. The summed E-state index contributed by atoms with van der Waals surface area (Å²) in [6.45, 7) is 0. The minimum atomic E-state index is -1.00. The van der Waals surface area contributed by atoms with E-state index in [1.54, 1.807) is 18.4 Å². The van der Waals surface area contributed by atoms with E-state index in [9.17, 15) is 9.00 Å². The van der Waals surface area contributed by atoms with Crippen molar-refractivity contribution in [3.63, 3.8) is 0 Å². The smallest absolute Gasteiger partial charge is 0.251 e. The highest BCUT2D eigenvalue weighted by Gasteiger charge is 2.17. The van der Waals surface area contributed by atoms with Crippen LogP contribution >= 0.6 is 0 Å². The molecular weight excluding hydrogens is 308 g/mol. The maximum atomic E-state index is 12.5. The van der Waals surface area contributed by atoms with Gasteiger partial charge in [0.15, 0.2) is 0 Å². The molecule has 4 nitrogen and oxygen atoms in total. The van der Waals surface area contributed by atoms with Crippen LogP contribution in [0.2, 0.25) is 0 Å². The summed E-state index contributed by atoms with van der Waals surface area (Å²) in [6, 6.07) is 16.8. The van der Waals surface area contributed by atoms with Crippen LogP contribution in [0.3, 0.4) is 0 Å². The lowest BCUT2D eigenvalue weighted by atomic mass is 10.1. The molecule has 0 spiro atoms. The first-order valence-electron chi connectivity index (χ1n) is 7.40. The SMILES string of the molecule is CN(C)c1ccc(C(=O)N[C@@H](C[S@@](C)=O)c2ccccc2)cc1. The topological polar surface area (TPSA) is 49.4 Å². The van der Waals surface area contributed by atoms with Gasteiger partial charge in [0.05, 0.1) is 6.04 Å². The number of benzene rings is 2. The zero-order chi connectivity index (χ0) is 16.8. The lowest BCUT2D eigenvalue weighted by Crippen LogP contribution is -2.31. The van der Waals surface area contributed by atoms with Gasteiger partial charge >= 0.3 is 0 Å². The van der Waals surface area contributed by atoms with Crippen LogP contribution in [-0.2, 0) is 10.8 Å². The minimum Gasteiger partial charge on any atom is -0.378 e. The van der Waals surface area contributed by atoms with E-state index in [1.165, 1.54) is 0 Å². The minimum absolute atomic E-state index is 0.158. The van der Waals surface area contributed by atoms with Gasteiger partial charge in [0, 0.05) is 48.2 Å². The van der Waals surface area contributed by atoms with Gasteiger partial charge in [-0.3, -0.25) is 9.00 Å². The lowest BCUT2D eigenvalue weighted by molar-refractivity contribution is 0.0940. The number of hydrogen-bond donors (Lipinski definition) is 1. The van der Waals surface area contributed by atoms with Crippen molar-refractivity contribution in [2.24, 2.45) is 0 Å². The van der Waals surface area contributed by atoms with Gasteiger partial charge in [-0.1, -0.05) is 30.3 Å². The largest absolute Gasteiger partial charge is 0.378 e. The Balaban J connectivity index is 2.15. The normalized spacial score (nSPS) is 13.2. The average Bonchev–Trinajstić information content (AvgIpc) is 2.54. The molecule has 0 heterocycles. The summed E-state index contributed by atoms with van der Waals surface area (Å²) >= 11 is 0. The Morgan fingerprint density at radius 2 is 1.70 bits per heavy atom. The van der Waals surface area contributed by atoms with E-state index in [1.807, 2.05) is 61.5 Å². The van der Waals surface area contributed by atoms with Gasteiger partial charge in [-0.05, 0) is 29.8 Å². The van der Waals surface area contributed by atoms with E-state index < -0.39 is 10.8 Å². The van der Waals surface area contributed by atoms with E-state index in [4.69, 9.17) is 0 Å². The third-order valence-corrected chi connectivity index (χ3v) is 4.36. The number of carbonyl (C=O) groups excluding carboxylic acids is 1. The molecule has 0 fully saturated rings. The highest BCUT2D eigenvalue weighted by Crippen LogP contribution is 2.16. The quantitative estimate of drug-likeness (QED) is 0.886. The predicted octanol–water partition coefficient (Wildman–Crippen LogP) is 2.60. The Labute approximate surface area is 140 Å². The standard InChI is InChI=1S/C18H22N2O2S/c1-20(2)16-11-9-15(10-12-16)18(21)19-17(13-23(3)22)14-7-5-4-6-8-14/h4-12,17H,13H2,1-3H3,(H,19,21)/t17-,23+/m0/s1. The third-order valence-electron chi connectivity index (χ3n) is 3.55. The van der Waals surface area contributed by atoms with Crippen LogP contribution in [0.4, 0.5) is 5.69 Å². The molecule has 0 aliphatic carbocycles. The Hall–Kier alpha value is -2.14. The van der Waals surface area contributed by atoms with Crippen molar-refractivity contribution in [3.8, 4) is 0 Å². The van der Waals surface area contributed by atoms with Crippen LogP contribution in [0.1, 0.15) is 22.0 Å². The van der Waals surface area contributed by atoms with Gasteiger partial charge in [-0.25, -0.2) is 0 Å². The second-order valence-electron chi connectivity index (χ2n) is 5.62. The molecule has 0 aliphatic heterocycles. The lowest BCUT2D eigenvalue weighted by Gasteiger charge is -2.19. The highest BCUT2D eigenvalue weighted by atomic mass is 32.2. The van der Waals surface area contributed by atoms with Gasteiger partial charge in [0.1, 0.15) is 0 Å². The Morgan fingerprint density at radius 3 is 2.22 bits per heavy atom. The Morgan fingerprint density at radius 1 is 1.09 bits per heavy atom. The highest BCUT2D eigenvalue weighted by molar-refractivity contribution is 7.84. The van der Waals surface area contributed by atoms with Crippen LogP contribution in [0, 0.1) is 0 Å². The molecule has 0 saturated heterocycles. The number of nitrogens with one attached hydrogen (secondary N) is 1. The summed E-state index contributed by atoms with van der Waals surface area (Å²) in [4.78, 5) is 14.4. The molecule has 1 amide bonds. The van der Waals surface area contributed by atoms with Gasteiger partial charge in [-0.2, -0.15) is 0 Å². The zero-order valence-electron chi connectivity index (χ0n) is 13.7. The predicted molar refractivity (Wildman–Crippen MR) is 96.4 cm³/mol. The monoisotopic (exact) mass is 330 g/mol. The molecule has 122 valence electrons. The first-order valence-corrected chi connectivity index (χ1v) is 9.13. The van der Waals surface area contributed by atoms with Gasteiger partial charge in [-0.15, -0.1) is 0 Å². The van der Waals surface area contributed by atoms with Crippen LogP contribution in [0.5, 0.6) is 0 Å². The number of hydrogen-bond acceptors (Lipinski definition) is 3. The first-order chi connectivity index (χ1) is 11.0. The molecule has 2 aromatic carbocycles. The molecule has 0 unspecified atom stereocenters. The molecule has 2 aromatic rings. The molecule has 0 aromatic heterocycles. The Bertz CT molecular complexity index is 669. The summed E-state index contributed by atoms with van der Waals surface area (Å²) in [7, 11) is 2.91. The van der Waals surface area contributed by atoms with Crippen LogP contribution in [-0.4, -0.2) is 36.2 Å². The van der Waals surface area contributed by atoms with E-state index in [2.05, 4.69) is 5.32 Å². The van der Waals surface area contributed by atoms with Crippen molar-refractivity contribution in [1.82, 2.24) is 5.32 Å². The first kappa shape index (κ1) is 17.2. The fourth-order valence-corrected chi connectivity index (χ4v) is 3.04. The van der Waals surface area contributed by atoms with Crippen LogP contribution in [0.25, 0.3) is 0 Å². The van der Waals surface area contributed by atoms with Gasteiger partial charge in [0.25, 0.3) is 5.91 Å². The van der Waals surface area contributed by atoms with Crippen molar-refractivity contribution in [2.45, 2.75) is 6.04 Å². The molecule has 2 atom stereocenters. The number of anilines is 1. The number of amides is 1. The van der Waals surface area contributed by atoms with Crippen molar-refractivity contribution >= 4 is 22.4 Å². The summed E-state index contributed by atoms with van der Waals surface area (Å²) in [5.41, 5.74) is 2.59. The molecular formula is C18H22N2O2S. The van der Waals surface area contributed by atoms with E-state index in [-0.39, 0.29) is 11.9 Å². The van der Waals surface area contributed by atoms with Crippen LogP contribution in [0.15, 0.2) is 54.6 Å². The maximum absolute atomic E-state index is 12.5. The molecule has 0 radical (unpaired) electrons. The summed E-state index contributed by atoms with van der Waals surface area (Å²) in [5.74, 6) is 0.237. The average molecular weight is 330 g/mol. The summed E-state index contributed by atoms with van der Waals surface area (Å²) in [6.07, 6.45) is 1.65. The Kier molecular flexibility index (Phi) is 5.93. The fraction of sp³-hybridized carbons (Fsp3) is 0.278. The molecule has 2 rings (SSSR count). The van der Waals surface area contributed by atoms with Crippen molar-refractivity contribution in [2.75, 3.05) is 31.0 Å². The van der Waals surface area contributed by atoms with E-state index in [0.29, 0.717) is 11.3 Å². The molecule has 0 bridgehead atoms. The number of nitrogens with zero attached hydrogens (tertiary/aromatic N) is 1.